The molecule has 2 amide bonds. The second kappa shape index (κ2) is 17.9. The number of hydrogen-bond acceptors (Lipinski definition) is 7. The van der Waals surface area contributed by atoms with Gasteiger partial charge in [0.2, 0.25) is 11.8 Å². The van der Waals surface area contributed by atoms with Crippen LogP contribution in [0, 0.1) is 6.92 Å². The van der Waals surface area contributed by atoms with E-state index in [1.54, 1.807) is 34.5 Å². The third kappa shape index (κ3) is 10.4. The monoisotopic (exact) mass is 821 g/mol. The summed E-state index contributed by atoms with van der Waals surface area (Å²) in [5.41, 5.74) is 3.83. The molecular weight excluding hydrogens is 787 g/mol. The Labute approximate surface area is 335 Å². The van der Waals surface area contributed by atoms with Crippen LogP contribution in [0.2, 0.25) is 10.0 Å². The first kappa shape index (κ1) is 40.1. The number of halogens is 5. The summed E-state index contributed by atoms with van der Waals surface area (Å²) >= 11 is 14.9. The predicted molar refractivity (Wildman–Crippen MR) is 218 cm³/mol. The van der Waals surface area contributed by atoms with Gasteiger partial charge >= 0.3 is 6.18 Å². The molecule has 7 nitrogen and oxygen atoms in total. The van der Waals surface area contributed by atoms with Gasteiger partial charge in [-0.15, -0.1) is 22.7 Å². The van der Waals surface area contributed by atoms with Crippen molar-refractivity contribution in [2.75, 3.05) is 29.9 Å². The van der Waals surface area contributed by atoms with Crippen molar-refractivity contribution < 1.29 is 22.8 Å². The van der Waals surface area contributed by atoms with Crippen LogP contribution in [0.4, 0.5) is 34.8 Å². The van der Waals surface area contributed by atoms with E-state index in [-0.39, 0.29) is 35.5 Å². The van der Waals surface area contributed by atoms with Crippen LogP contribution >= 0.6 is 45.9 Å². The Morgan fingerprint density at radius 2 is 1.15 bits per heavy atom. The van der Waals surface area contributed by atoms with Crippen LogP contribution in [-0.2, 0) is 15.8 Å². The van der Waals surface area contributed by atoms with Crippen molar-refractivity contribution >= 4 is 79.3 Å². The molecule has 0 spiro atoms. The topological polar surface area (TPSA) is 69.6 Å². The number of anilines is 4. The summed E-state index contributed by atoms with van der Waals surface area (Å²) in [4.78, 5) is 41.9. The Morgan fingerprint density at radius 3 is 1.62 bits per heavy atom. The fraction of sp³-hybridized carbons (Fsp3) is 0.220. The van der Waals surface area contributed by atoms with Crippen LogP contribution in [0.25, 0.3) is 22.5 Å². The van der Waals surface area contributed by atoms with Crippen molar-refractivity contribution in [1.29, 1.82) is 0 Å². The van der Waals surface area contributed by atoms with E-state index in [1.807, 2.05) is 72.8 Å². The van der Waals surface area contributed by atoms with E-state index < -0.39 is 11.7 Å². The van der Waals surface area contributed by atoms with Gasteiger partial charge in [0.1, 0.15) is 0 Å². The highest BCUT2D eigenvalue weighted by Gasteiger charge is 2.32. The highest BCUT2D eigenvalue weighted by Crippen LogP contribution is 2.38. The van der Waals surface area contributed by atoms with Crippen molar-refractivity contribution in [2.45, 2.75) is 38.8 Å². The normalized spacial score (nSPS) is 11.6. The van der Waals surface area contributed by atoms with Crippen LogP contribution in [0.3, 0.4) is 0 Å². The maximum Gasteiger partial charge on any atom is 0.416 e. The average molecular weight is 823 g/mol. The first-order chi connectivity index (χ1) is 26.4. The van der Waals surface area contributed by atoms with Gasteiger partial charge in [0.25, 0.3) is 0 Å². The molecule has 6 aromatic rings. The zero-order chi connectivity index (χ0) is 39.1. The molecule has 0 atom stereocenters. The van der Waals surface area contributed by atoms with Gasteiger partial charge in [-0.25, -0.2) is 9.97 Å². The number of aromatic nitrogens is 2. The molecule has 4 aromatic carbocycles. The summed E-state index contributed by atoms with van der Waals surface area (Å²) in [5, 5.41) is 5.58. The lowest BCUT2D eigenvalue weighted by Gasteiger charge is -2.23. The van der Waals surface area contributed by atoms with E-state index >= 15 is 0 Å². The second-order valence-corrected chi connectivity index (χ2v) is 15.5. The Kier molecular flexibility index (Phi) is 13.1. The Bertz CT molecular complexity index is 2280. The van der Waals surface area contributed by atoms with Gasteiger partial charge in [-0.05, 0) is 100 Å². The van der Waals surface area contributed by atoms with Gasteiger partial charge in [0.15, 0.2) is 10.3 Å². The number of rotatable bonds is 14. The molecule has 0 aliphatic carbocycles. The summed E-state index contributed by atoms with van der Waals surface area (Å²) < 4.78 is 41.1. The summed E-state index contributed by atoms with van der Waals surface area (Å²) in [6.45, 7) is 3.08. The zero-order valence-corrected chi connectivity index (χ0v) is 33.0. The molecule has 0 N–H and O–H groups in total. The lowest BCUT2D eigenvalue weighted by molar-refractivity contribution is -0.137. The molecule has 55 heavy (non-hydrogen) atoms. The molecule has 0 saturated carbocycles. The second-order valence-electron chi connectivity index (χ2n) is 12.9. The maximum absolute atomic E-state index is 13.8. The first-order valence-electron chi connectivity index (χ1n) is 17.4. The number of carbonyl (C=O) groups excluding carboxylic acids is 2. The van der Waals surface area contributed by atoms with E-state index in [1.165, 1.54) is 28.4 Å². The molecule has 0 fully saturated rings. The lowest BCUT2D eigenvalue weighted by atomic mass is 10.1. The van der Waals surface area contributed by atoms with E-state index in [2.05, 4.69) is 4.98 Å². The van der Waals surface area contributed by atoms with Crippen molar-refractivity contribution in [3.63, 3.8) is 0 Å². The molecule has 0 bridgehead atoms. The number of carbonyl (C=O) groups is 2. The van der Waals surface area contributed by atoms with Gasteiger partial charge in [-0.1, -0.05) is 65.7 Å². The minimum atomic E-state index is -4.58. The lowest BCUT2D eigenvalue weighted by Crippen LogP contribution is -2.29. The van der Waals surface area contributed by atoms with Gasteiger partial charge in [0.05, 0.1) is 28.3 Å². The number of benzene rings is 4. The summed E-state index contributed by atoms with van der Waals surface area (Å²) in [6, 6.07) is 26.9. The van der Waals surface area contributed by atoms with Crippen LogP contribution in [0.5, 0.6) is 0 Å². The van der Waals surface area contributed by atoms with Gasteiger partial charge in [-0.3, -0.25) is 19.4 Å². The summed E-state index contributed by atoms with van der Waals surface area (Å²) in [7, 11) is 1.91. The van der Waals surface area contributed by atoms with Crippen LogP contribution in [0.1, 0.15) is 36.8 Å². The molecule has 14 heteroatoms. The maximum atomic E-state index is 13.8. The standard InChI is InChI=1S/C41H36Cl2F3N5O2S2/c1-27-9-3-15-33(21-27)50(39-47-35(25-54-39)28-10-4-13-31(42)22-28)37(52)17-7-19-49(2)20-8-18-38(53)51(34-16-6-12-30(24-34)41(44,45)46)40-48-36(26-55-40)29-11-5-14-32(43)23-29/h3-6,9-16,21-26H,7-8,17-20H2,1-2H3. The summed E-state index contributed by atoms with van der Waals surface area (Å²) in [6.07, 6.45) is -3.27. The minimum Gasteiger partial charge on any atom is -0.306 e. The third-order valence-corrected chi connectivity index (χ3v) is 10.8. The molecule has 0 unspecified atom stereocenters. The third-order valence-electron chi connectivity index (χ3n) is 8.66. The predicted octanol–water partition coefficient (Wildman–Crippen LogP) is 12.1. The number of alkyl halides is 3. The Morgan fingerprint density at radius 1 is 0.673 bits per heavy atom. The molecule has 2 aromatic heterocycles. The molecule has 0 aliphatic rings. The van der Waals surface area contributed by atoms with Gasteiger partial charge < -0.3 is 4.90 Å². The van der Waals surface area contributed by atoms with Crippen LogP contribution < -0.4 is 9.80 Å². The fourth-order valence-corrected chi connectivity index (χ4v) is 8.06. The van der Waals surface area contributed by atoms with Crippen molar-refractivity contribution in [3.8, 4) is 22.5 Å². The number of aryl methyl sites for hydroxylation is 1. The van der Waals surface area contributed by atoms with E-state index in [0.29, 0.717) is 46.8 Å². The number of nitrogens with zero attached hydrogens (tertiary/aromatic N) is 5. The molecule has 0 aliphatic heterocycles. The van der Waals surface area contributed by atoms with E-state index in [4.69, 9.17) is 28.2 Å². The van der Waals surface area contributed by atoms with E-state index in [0.717, 1.165) is 51.5 Å². The molecule has 284 valence electrons. The number of amides is 2. The van der Waals surface area contributed by atoms with Crippen molar-refractivity contribution in [2.24, 2.45) is 0 Å². The Hall–Kier alpha value is -4.59. The molecule has 0 saturated heterocycles. The SMILES string of the molecule is Cc1cccc(N(C(=O)CCCN(C)CCCC(=O)N(c2cccc(C(F)(F)F)c2)c2nc(-c3cccc(Cl)c3)cs2)c2nc(-c3cccc(Cl)c3)cs2)c1. The highest BCUT2D eigenvalue weighted by molar-refractivity contribution is 7.14. The number of thiazole rings is 2. The smallest absolute Gasteiger partial charge is 0.306 e. The van der Waals surface area contributed by atoms with Crippen LogP contribution in [0.15, 0.2) is 108 Å². The van der Waals surface area contributed by atoms with Crippen molar-refractivity contribution in [3.05, 3.63) is 129 Å². The first-order valence-corrected chi connectivity index (χ1v) is 19.9. The summed E-state index contributed by atoms with van der Waals surface area (Å²) in [5.74, 6) is -0.484. The van der Waals surface area contributed by atoms with Gasteiger partial charge in [0, 0.05) is 44.8 Å². The molecule has 2 heterocycles. The average Bonchev–Trinajstić information content (AvgIpc) is 3.83. The van der Waals surface area contributed by atoms with E-state index in [9.17, 15) is 22.8 Å². The quantitative estimate of drug-likeness (QED) is 0.109. The molecule has 6 rings (SSSR count). The van der Waals surface area contributed by atoms with Crippen molar-refractivity contribution in [1.82, 2.24) is 14.9 Å². The highest BCUT2D eigenvalue weighted by atomic mass is 35.5. The Balaban J connectivity index is 1.09. The molecule has 0 radical (unpaired) electrons. The zero-order valence-electron chi connectivity index (χ0n) is 29.9. The van der Waals surface area contributed by atoms with Crippen LogP contribution in [-0.4, -0.2) is 46.8 Å². The van der Waals surface area contributed by atoms with Gasteiger partial charge in [-0.2, -0.15) is 13.2 Å². The number of hydrogen-bond donors (Lipinski definition) is 0. The minimum absolute atomic E-state index is 0.0612. The fourth-order valence-electron chi connectivity index (χ4n) is 5.94. The largest absolute Gasteiger partial charge is 0.416 e. The molecular formula is C41H36Cl2F3N5O2S2.